The summed E-state index contributed by atoms with van der Waals surface area (Å²) >= 11 is 0. The van der Waals surface area contributed by atoms with Crippen LogP contribution >= 0.6 is 0 Å². The Morgan fingerprint density at radius 2 is 2.20 bits per heavy atom. The van der Waals surface area contributed by atoms with Gasteiger partial charge in [0.25, 0.3) is 0 Å². The molecule has 20 heavy (non-hydrogen) atoms. The number of hydrogen-bond acceptors (Lipinski definition) is 4. The summed E-state index contributed by atoms with van der Waals surface area (Å²) in [5.74, 6) is 1.05. The van der Waals surface area contributed by atoms with E-state index in [0.717, 1.165) is 16.9 Å². The van der Waals surface area contributed by atoms with Crippen molar-refractivity contribution in [1.82, 2.24) is 14.4 Å². The van der Waals surface area contributed by atoms with Gasteiger partial charge in [-0.05, 0) is 12.1 Å². The van der Waals surface area contributed by atoms with E-state index >= 15 is 0 Å². The minimum Gasteiger partial charge on any atom is -0.491 e. The molecule has 2 aromatic heterocycles. The lowest BCUT2D eigenvalue weighted by Crippen LogP contribution is -1.98. The van der Waals surface area contributed by atoms with E-state index in [4.69, 9.17) is 10.5 Å². The van der Waals surface area contributed by atoms with E-state index in [0.29, 0.717) is 11.6 Å². The van der Waals surface area contributed by atoms with Crippen LogP contribution < -0.4 is 10.5 Å². The van der Waals surface area contributed by atoms with Gasteiger partial charge in [0.05, 0.1) is 5.69 Å². The number of nitrogens with two attached hydrogens (primary N) is 1. The third kappa shape index (κ3) is 2.40. The highest BCUT2D eigenvalue weighted by Gasteiger charge is 2.06. The molecule has 0 aliphatic rings. The Bertz CT molecular complexity index is 741. The molecule has 0 radical (unpaired) electrons. The second-order valence-corrected chi connectivity index (χ2v) is 4.27. The Morgan fingerprint density at radius 1 is 1.30 bits per heavy atom. The predicted octanol–water partition coefficient (Wildman–Crippen LogP) is 2.33. The molecule has 0 fully saturated rings. The molecule has 5 nitrogen and oxygen atoms in total. The lowest BCUT2D eigenvalue weighted by atomic mass is 10.1. The summed E-state index contributed by atoms with van der Waals surface area (Å²) in [6, 6.07) is 9.08. The van der Waals surface area contributed by atoms with Crippen molar-refractivity contribution in [3.05, 3.63) is 42.9 Å². The topological polar surface area (TPSA) is 65.4 Å². The minimum atomic E-state index is -0.510. The zero-order valence-corrected chi connectivity index (χ0v) is 10.7. The number of benzene rings is 1. The second kappa shape index (κ2) is 5.16. The van der Waals surface area contributed by atoms with E-state index in [1.807, 2.05) is 24.4 Å². The summed E-state index contributed by atoms with van der Waals surface area (Å²) in [6.45, 7) is -0.460. The summed E-state index contributed by atoms with van der Waals surface area (Å²) in [5, 5.41) is 0. The molecule has 2 N–H and O–H groups in total. The van der Waals surface area contributed by atoms with Crippen LogP contribution in [0.15, 0.2) is 42.9 Å². The zero-order valence-electron chi connectivity index (χ0n) is 10.7. The van der Waals surface area contributed by atoms with Gasteiger partial charge in [-0.1, -0.05) is 12.1 Å². The molecule has 0 aliphatic heterocycles. The van der Waals surface area contributed by atoms with Crippen molar-refractivity contribution in [2.45, 2.75) is 0 Å². The Balaban J connectivity index is 1.97. The van der Waals surface area contributed by atoms with E-state index in [1.54, 1.807) is 22.9 Å². The van der Waals surface area contributed by atoms with Gasteiger partial charge in [-0.25, -0.2) is 14.4 Å². The molecule has 0 atom stereocenters. The lowest BCUT2D eigenvalue weighted by molar-refractivity contribution is 0.273. The average Bonchev–Trinajstić information content (AvgIpc) is 2.88. The van der Waals surface area contributed by atoms with Crippen LogP contribution in [0.1, 0.15) is 0 Å². The van der Waals surface area contributed by atoms with Crippen molar-refractivity contribution in [3.8, 4) is 17.0 Å². The van der Waals surface area contributed by atoms with Crippen molar-refractivity contribution in [3.63, 3.8) is 0 Å². The van der Waals surface area contributed by atoms with Gasteiger partial charge >= 0.3 is 0 Å². The monoisotopic (exact) mass is 272 g/mol. The normalized spacial score (nSPS) is 10.8. The molecule has 0 saturated carbocycles. The number of alkyl halides is 1. The highest BCUT2D eigenvalue weighted by molar-refractivity contribution is 5.64. The Kier molecular flexibility index (Phi) is 3.20. The first kappa shape index (κ1) is 12.4. The van der Waals surface area contributed by atoms with Crippen LogP contribution in [0.5, 0.6) is 5.75 Å². The summed E-state index contributed by atoms with van der Waals surface area (Å²) in [4.78, 5) is 8.49. The van der Waals surface area contributed by atoms with Gasteiger partial charge < -0.3 is 10.5 Å². The minimum absolute atomic E-state index is 0.0507. The SMILES string of the molecule is Nc1cc2nc(-c3cccc(OCCF)c3)cn2cn1. The molecular weight excluding hydrogens is 259 g/mol. The number of aromatic nitrogens is 3. The molecule has 0 saturated heterocycles. The van der Waals surface area contributed by atoms with E-state index in [-0.39, 0.29) is 6.61 Å². The Morgan fingerprint density at radius 3 is 3.05 bits per heavy atom. The van der Waals surface area contributed by atoms with Crippen LogP contribution in [0.25, 0.3) is 16.9 Å². The molecule has 0 unspecified atom stereocenters. The van der Waals surface area contributed by atoms with E-state index in [9.17, 15) is 4.39 Å². The number of imidazole rings is 1. The van der Waals surface area contributed by atoms with Crippen molar-refractivity contribution < 1.29 is 9.13 Å². The van der Waals surface area contributed by atoms with Crippen LogP contribution in [0.4, 0.5) is 10.2 Å². The van der Waals surface area contributed by atoms with Gasteiger partial charge in [0.15, 0.2) is 0 Å². The third-order valence-electron chi connectivity index (χ3n) is 2.84. The number of rotatable bonds is 4. The number of hydrogen-bond donors (Lipinski definition) is 1. The lowest BCUT2D eigenvalue weighted by Gasteiger charge is -2.04. The summed E-state index contributed by atoms with van der Waals surface area (Å²) < 4.78 is 19.2. The number of nitrogen functional groups attached to an aromatic ring is 1. The maximum atomic E-state index is 12.1. The maximum absolute atomic E-state index is 12.1. The standard InChI is InChI=1S/C14H13FN4O/c15-4-5-20-11-3-1-2-10(6-11)12-8-19-9-17-13(16)7-14(19)18-12/h1-3,6-9H,4-5,16H2. The van der Waals surface area contributed by atoms with Crippen molar-refractivity contribution in [1.29, 1.82) is 0 Å². The van der Waals surface area contributed by atoms with Gasteiger partial charge in [0, 0.05) is 17.8 Å². The quantitative estimate of drug-likeness (QED) is 0.791. The number of anilines is 1. The Hall–Kier alpha value is -2.63. The zero-order chi connectivity index (χ0) is 13.9. The number of fused-ring (bicyclic) bond motifs is 1. The number of nitrogens with zero attached hydrogens (tertiary/aromatic N) is 3. The van der Waals surface area contributed by atoms with E-state index < -0.39 is 6.67 Å². The van der Waals surface area contributed by atoms with Crippen LogP contribution in [0.3, 0.4) is 0 Å². The molecule has 0 bridgehead atoms. The second-order valence-electron chi connectivity index (χ2n) is 4.27. The highest BCUT2D eigenvalue weighted by atomic mass is 19.1. The van der Waals surface area contributed by atoms with Crippen molar-refractivity contribution in [2.24, 2.45) is 0 Å². The van der Waals surface area contributed by atoms with Crippen molar-refractivity contribution in [2.75, 3.05) is 19.0 Å². The van der Waals surface area contributed by atoms with Gasteiger partial charge in [-0.3, -0.25) is 4.40 Å². The van der Waals surface area contributed by atoms with Crippen molar-refractivity contribution >= 4 is 11.5 Å². The van der Waals surface area contributed by atoms with Crippen LogP contribution in [-0.2, 0) is 0 Å². The molecule has 1 aromatic carbocycles. The molecule has 102 valence electrons. The maximum Gasteiger partial charge on any atom is 0.142 e. The predicted molar refractivity (Wildman–Crippen MR) is 74.3 cm³/mol. The fraction of sp³-hybridized carbons (Fsp3) is 0.143. The summed E-state index contributed by atoms with van der Waals surface area (Å²) in [7, 11) is 0. The van der Waals surface area contributed by atoms with Crippen LogP contribution in [-0.4, -0.2) is 27.7 Å². The van der Waals surface area contributed by atoms with Gasteiger partial charge in [-0.2, -0.15) is 0 Å². The molecule has 2 heterocycles. The van der Waals surface area contributed by atoms with E-state index in [2.05, 4.69) is 9.97 Å². The number of ether oxygens (including phenoxy) is 1. The summed E-state index contributed by atoms with van der Waals surface area (Å²) in [5.41, 5.74) is 8.03. The Labute approximate surface area is 114 Å². The van der Waals surface area contributed by atoms with Crippen LogP contribution in [0, 0.1) is 0 Å². The first-order chi connectivity index (χ1) is 9.76. The van der Waals surface area contributed by atoms with Crippen LogP contribution in [0.2, 0.25) is 0 Å². The molecule has 6 heteroatoms. The molecular formula is C14H13FN4O. The molecule has 3 rings (SSSR count). The largest absolute Gasteiger partial charge is 0.491 e. The molecule has 3 aromatic rings. The average molecular weight is 272 g/mol. The first-order valence-corrected chi connectivity index (χ1v) is 6.16. The van der Waals surface area contributed by atoms with Gasteiger partial charge in [0.2, 0.25) is 0 Å². The third-order valence-corrected chi connectivity index (χ3v) is 2.84. The summed E-state index contributed by atoms with van der Waals surface area (Å²) in [6.07, 6.45) is 3.47. The first-order valence-electron chi connectivity index (χ1n) is 6.16. The van der Waals surface area contributed by atoms with E-state index in [1.165, 1.54) is 0 Å². The molecule has 0 amide bonds. The highest BCUT2D eigenvalue weighted by Crippen LogP contribution is 2.23. The smallest absolute Gasteiger partial charge is 0.142 e. The van der Waals surface area contributed by atoms with Gasteiger partial charge in [0.1, 0.15) is 36.8 Å². The number of halogens is 1. The molecule has 0 aliphatic carbocycles. The fourth-order valence-corrected chi connectivity index (χ4v) is 1.95. The van der Waals surface area contributed by atoms with Gasteiger partial charge in [-0.15, -0.1) is 0 Å². The molecule has 0 spiro atoms. The fourth-order valence-electron chi connectivity index (χ4n) is 1.95.